The molecule has 0 saturated heterocycles. The van der Waals surface area contributed by atoms with Crippen molar-refractivity contribution in [1.82, 2.24) is 5.43 Å². The van der Waals surface area contributed by atoms with Gasteiger partial charge in [0.15, 0.2) is 0 Å². The van der Waals surface area contributed by atoms with E-state index in [0.29, 0.717) is 12.6 Å². The van der Waals surface area contributed by atoms with E-state index in [1.165, 1.54) is 25.7 Å². The van der Waals surface area contributed by atoms with Gasteiger partial charge in [-0.3, -0.25) is 11.3 Å². The van der Waals surface area contributed by atoms with E-state index in [1.807, 2.05) is 30.3 Å². The third-order valence-electron chi connectivity index (χ3n) is 3.88. The number of rotatable bonds is 11. The van der Waals surface area contributed by atoms with Crippen LogP contribution in [0.4, 0.5) is 0 Å². The lowest BCUT2D eigenvalue weighted by Crippen LogP contribution is -2.37. The summed E-state index contributed by atoms with van der Waals surface area (Å²) < 4.78 is 5.74. The fourth-order valence-corrected chi connectivity index (χ4v) is 2.49. The molecule has 0 fully saturated rings. The van der Waals surface area contributed by atoms with Crippen molar-refractivity contribution in [1.29, 1.82) is 0 Å². The van der Waals surface area contributed by atoms with E-state index in [4.69, 9.17) is 10.6 Å². The first-order valence-corrected chi connectivity index (χ1v) is 7.94. The predicted octanol–water partition coefficient (Wildman–Crippen LogP) is 3.89. The monoisotopic (exact) mass is 278 g/mol. The molecule has 0 aliphatic rings. The summed E-state index contributed by atoms with van der Waals surface area (Å²) in [6, 6.07) is 10.3. The van der Waals surface area contributed by atoms with Crippen LogP contribution < -0.4 is 16.0 Å². The average Bonchev–Trinajstić information content (AvgIpc) is 2.50. The van der Waals surface area contributed by atoms with Crippen LogP contribution in [-0.2, 0) is 0 Å². The second kappa shape index (κ2) is 10.7. The highest BCUT2D eigenvalue weighted by Gasteiger charge is 2.14. The molecule has 0 heterocycles. The van der Waals surface area contributed by atoms with Gasteiger partial charge >= 0.3 is 0 Å². The van der Waals surface area contributed by atoms with Gasteiger partial charge in [-0.15, -0.1) is 0 Å². The van der Waals surface area contributed by atoms with Crippen LogP contribution in [0, 0.1) is 5.92 Å². The van der Waals surface area contributed by atoms with Crippen LogP contribution in [0.25, 0.3) is 0 Å². The van der Waals surface area contributed by atoms with Gasteiger partial charge < -0.3 is 4.74 Å². The summed E-state index contributed by atoms with van der Waals surface area (Å²) in [5, 5.41) is 0. The van der Waals surface area contributed by atoms with Crippen molar-refractivity contribution < 1.29 is 4.74 Å². The summed E-state index contributed by atoms with van der Waals surface area (Å²) in [5.74, 6) is 7.38. The second-order valence-electron chi connectivity index (χ2n) is 5.47. The highest BCUT2D eigenvalue weighted by Crippen LogP contribution is 2.20. The van der Waals surface area contributed by atoms with Crippen LogP contribution in [0.5, 0.6) is 5.75 Å². The third kappa shape index (κ3) is 6.92. The minimum atomic E-state index is 0.348. The molecule has 2 atom stereocenters. The van der Waals surface area contributed by atoms with E-state index in [0.717, 1.165) is 24.5 Å². The molecule has 3 heteroatoms. The summed E-state index contributed by atoms with van der Waals surface area (Å²) >= 11 is 0. The number of hydrogen-bond donors (Lipinski definition) is 2. The van der Waals surface area contributed by atoms with Crippen molar-refractivity contribution in [3.63, 3.8) is 0 Å². The zero-order chi connectivity index (χ0) is 14.6. The molecule has 114 valence electrons. The summed E-state index contributed by atoms with van der Waals surface area (Å²) in [4.78, 5) is 0. The smallest absolute Gasteiger partial charge is 0.119 e. The Morgan fingerprint density at radius 1 is 1.15 bits per heavy atom. The van der Waals surface area contributed by atoms with Crippen molar-refractivity contribution in [3.05, 3.63) is 30.3 Å². The first kappa shape index (κ1) is 17.0. The van der Waals surface area contributed by atoms with Gasteiger partial charge in [0.25, 0.3) is 0 Å². The Hall–Kier alpha value is -1.06. The molecular formula is C17H30N2O. The molecule has 20 heavy (non-hydrogen) atoms. The highest BCUT2D eigenvalue weighted by atomic mass is 16.5. The number of benzene rings is 1. The number of nitrogens with two attached hydrogens (primary N) is 1. The molecule has 0 amide bonds. The van der Waals surface area contributed by atoms with Gasteiger partial charge in [-0.25, -0.2) is 0 Å². The molecule has 1 rings (SSSR count). The largest absolute Gasteiger partial charge is 0.494 e. The maximum atomic E-state index is 5.74. The molecule has 0 saturated carbocycles. The number of nitrogens with one attached hydrogen (secondary N) is 1. The number of hydrogen-bond acceptors (Lipinski definition) is 3. The second-order valence-corrected chi connectivity index (χ2v) is 5.47. The number of hydrazine groups is 1. The molecule has 2 unspecified atom stereocenters. The van der Waals surface area contributed by atoms with E-state index < -0.39 is 0 Å². The van der Waals surface area contributed by atoms with Crippen LogP contribution in [0.3, 0.4) is 0 Å². The number of unbranched alkanes of at least 4 members (excludes halogenated alkanes) is 1. The SMILES string of the molecule is CCCCC(CC)CC(CCOc1ccccc1)NN. The van der Waals surface area contributed by atoms with Crippen LogP contribution in [-0.4, -0.2) is 12.6 Å². The van der Waals surface area contributed by atoms with E-state index >= 15 is 0 Å². The minimum Gasteiger partial charge on any atom is -0.494 e. The standard InChI is InChI=1S/C17H30N2O/c1-3-5-9-15(4-2)14-16(19-18)12-13-20-17-10-7-6-8-11-17/h6-8,10-11,15-16,19H,3-5,9,12-14,18H2,1-2H3. The molecule has 0 spiro atoms. The highest BCUT2D eigenvalue weighted by molar-refractivity contribution is 5.20. The van der Waals surface area contributed by atoms with Crippen molar-refractivity contribution in [2.45, 2.75) is 58.4 Å². The zero-order valence-electron chi connectivity index (χ0n) is 13.0. The molecule has 1 aromatic rings. The van der Waals surface area contributed by atoms with Gasteiger partial charge in [0.05, 0.1) is 6.61 Å². The average molecular weight is 278 g/mol. The summed E-state index contributed by atoms with van der Waals surface area (Å²) in [6.07, 6.45) is 7.23. The first-order valence-electron chi connectivity index (χ1n) is 7.94. The van der Waals surface area contributed by atoms with Gasteiger partial charge in [0.1, 0.15) is 5.75 Å². The van der Waals surface area contributed by atoms with Crippen LogP contribution in [0.2, 0.25) is 0 Å². The fourth-order valence-electron chi connectivity index (χ4n) is 2.49. The van der Waals surface area contributed by atoms with E-state index in [-0.39, 0.29) is 0 Å². The molecular weight excluding hydrogens is 248 g/mol. The fraction of sp³-hybridized carbons (Fsp3) is 0.647. The lowest BCUT2D eigenvalue weighted by atomic mass is 9.91. The van der Waals surface area contributed by atoms with Crippen molar-refractivity contribution >= 4 is 0 Å². The molecule has 0 aliphatic carbocycles. The number of ether oxygens (including phenoxy) is 1. The van der Waals surface area contributed by atoms with Crippen molar-refractivity contribution in [2.75, 3.05) is 6.61 Å². The summed E-state index contributed by atoms with van der Waals surface area (Å²) in [5.41, 5.74) is 2.95. The predicted molar refractivity (Wildman–Crippen MR) is 85.6 cm³/mol. The Kier molecular flexibility index (Phi) is 9.09. The third-order valence-corrected chi connectivity index (χ3v) is 3.88. The maximum Gasteiger partial charge on any atom is 0.119 e. The Balaban J connectivity index is 2.27. The summed E-state index contributed by atoms with van der Waals surface area (Å²) in [7, 11) is 0. The van der Waals surface area contributed by atoms with Gasteiger partial charge in [-0.1, -0.05) is 57.7 Å². The molecule has 3 nitrogen and oxygen atoms in total. The molecule has 0 aromatic heterocycles. The van der Waals surface area contributed by atoms with Gasteiger partial charge in [0, 0.05) is 6.04 Å². The molecule has 0 aliphatic heterocycles. The quantitative estimate of drug-likeness (QED) is 0.477. The first-order chi connectivity index (χ1) is 9.80. The lowest BCUT2D eigenvalue weighted by Gasteiger charge is -2.22. The molecule has 3 N–H and O–H groups in total. The molecule has 1 aromatic carbocycles. The minimum absolute atomic E-state index is 0.348. The number of para-hydroxylation sites is 1. The normalized spacial score (nSPS) is 13.9. The van der Waals surface area contributed by atoms with Crippen LogP contribution in [0.1, 0.15) is 52.4 Å². The molecule has 0 bridgehead atoms. The van der Waals surface area contributed by atoms with E-state index in [2.05, 4.69) is 19.3 Å². The Morgan fingerprint density at radius 3 is 2.50 bits per heavy atom. The molecule has 0 radical (unpaired) electrons. The zero-order valence-corrected chi connectivity index (χ0v) is 13.0. The van der Waals surface area contributed by atoms with Crippen LogP contribution >= 0.6 is 0 Å². The van der Waals surface area contributed by atoms with Crippen LogP contribution in [0.15, 0.2) is 30.3 Å². The maximum absolute atomic E-state index is 5.74. The van der Waals surface area contributed by atoms with Gasteiger partial charge in [-0.2, -0.15) is 0 Å². The van der Waals surface area contributed by atoms with Crippen molar-refractivity contribution in [2.24, 2.45) is 11.8 Å². The Labute approximate surface area is 123 Å². The lowest BCUT2D eigenvalue weighted by molar-refractivity contribution is 0.261. The van der Waals surface area contributed by atoms with E-state index in [1.54, 1.807) is 0 Å². The summed E-state index contributed by atoms with van der Waals surface area (Å²) in [6.45, 7) is 5.23. The Morgan fingerprint density at radius 2 is 1.90 bits per heavy atom. The van der Waals surface area contributed by atoms with Crippen molar-refractivity contribution in [3.8, 4) is 5.75 Å². The topological polar surface area (TPSA) is 47.3 Å². The van der Waals surface area contributed by atoms with Gasteiger partial charge in [-0.05, 0) is 30.9 Å². The van der Waals surface area contributed by atoms with E-state index in [9.17, 15) is 0 Å². The Bertz CT molecular complexity index is 329. The van der Waals surface area contributed by atoms with Gasteiger partial charge in [0.2, 0.25) is 0 Å².